The highest BCUT2D eigenvalue weighted by atomic mass is 16.3. The molecule has 0 aromatic heterocycles. The lowest BCUT2D eigenvalue weighted by Gasteiger charge is -2.24. The molecule has 3 N–H and O–H groups in total. The van der Waals surface area contributed by atoms with E-state index in [1.807, 2.05) is 48.5 Å². The average Bonchev–Trinajstić information content (AvgIpc) is 2.85. The van der Waals surface area contributed by atoms with Gasteiger partial charge in [0.1, 0.15) is 18.3 Å². The van der Waals surface area contributed by atoms with Crippen LogP contribution in [0.25, 0.3) is 0 Å². The summed E-state index contributed by atoms with van der Waals surface area (Å²) in [5.74, 6) is -0.783. The van der Waals surface area contributed by atoms with Crippen LogP contribution in [0.2, 0.25) is 0 Å². The van der Waals surface area contributed by atoms with Gasteiger partial charge in [-0.2, -0.15) is 0 Å². The van der Waals surface area contributed by atoms with E-state index in [1.165, 1.54) is 4.90 Å². The summed E-state index contributed by atoms with van der Waals surface area (Å²) in [4.78, 5) is 31.4. The van der Waals surface area contributed by atoms with Crippen molar-refractivity contribution in [2.75, 3.05) is 11.4 Å². The molecule has 3 aromatic carbocycles. The summed E-state index contributed by atoms with van der Waals surface area (Å²) in [6.45, 7) is -0.232. The Hall–Kier alpha value is -3.93. The van der Waals surface area contributed by atoms with Gasteiger partial charge in [-0.3, -0.25) is 14.6 Å². The van der Waals surface area contributed by atoms with Crippen molar-refractivity contribution in [2.24, 2.45) is 10.7 Å². The zero-order chi connectivity index (χ0) is 21.1. The third kappa shape index (κ3) is 3.93. The number of nitrogens with zero attached hydrogens (tertiary/aromatic N) is 2. The van der Waals surface area contributed by atoms with E-state index in [0.717, 1.165) is 5.56 Å². The molecule has 1 unspecified atom stereocenters. The highest BCUT2D eigenvalue weighted by Crippen LogP contribution is 2.30. The number of anilines is 1. The molecule has 1 aliphatic heterocycles. The number of hydrogen-bond acceptors (Lipinski definition) is 4. The number of hydrogen-bond donors (Lipinski definition) is 2. The number of carbonyl (C=O) groups is 2. The predicted octanol–water partition coefficient (Wildman–Crippen LogP) is 2.67. The van der Waals surface area contributed by atoms with E-state index >= 15 is 0 Å². The Morgan fingerprint density at radius 1 is 1.00 bits per heavy atom. The number of aliphatic imine (C=N–C) groups is 1. The van der Waals surface area contributed by atoms with Crippen LogP contribution >= 0.6 is 0 Å². The van der Waals surface area contributed by atoms with E-state index in [4.69, 9.17) is 10.7 Å². The second-order valence-electron chi connectivity index (χ2n) is 7.14. The summed E-state index contributed by atoms with van der Waals surface area (Å²) in [6, 6.07) is 22.9. The number of rotatable bonds is 5. The number of amides is 2. The Morgan fingerprint density at radius 3 is 2.47 bits per heavy atom. The number of phenols is 1. The first kappa shape index (κ1) is 19.4. The van der Waals surface area contributed by atoms with Gasteiger partial charge in [-0.15, -0.1) is 0 Å². The molecule has 2 amide bonds. The molecule has 1 atom stereocenters. The summed E-state index contributed by atoms with van der Waals surface area (Å²) < 4.78 is 0. The smallest absolute Gasteiger partial charge is 0.252 e. The monoisotopic (exact) mass is 399 g/mol. The fraction of sp³-hybridized carbons (Fsp3) is 0.125. The van der Waals surface area contributed by atoms with Gasteiger partial charge in [-0.05, 0) is 23.8 Å². The van der Waals surface area contributed by atoms with Gasteiger partial charge in [0.15, 0.2) is 0 Å². The van der Waals surface area contributed by atoms with Crippen molar-refractivity contribution in [2.45, 2.75) is 12.5 Å². The van der Waals surface area contributed by atoms with Gasteiger partial charge in [-0.25, -0.2) is 0 Å². The molecular formula is C24H21N3O3. The number of benzodiazepines with no additional fused rings is 1. The van der Waals surface area contributed by atoms with Crippen LogP contribution < -0.4 is 10.6 Å². The number of aromatic hydroxyl groups is 1. The maximum Gasteiger partial charge on any atom is 0.252 e. The summed E-state index contributed by atoms with van der Waals surface area (Å²) in [5.41, 5.74) is 8.96. The molecule has 6 heteroatoms. The Bertz CT molecular complexity index is 1130. The molecule has 150 valence electrons. The quantitative estimate of drug-likeness (QED) is 0.690. The van der Waals surface area contributed by atoms with Gasteiger partial charge < -0.3 is 15.7 Å². The highest BCUT2D eigenvalue weighted by molar-refractivity contribution is 6.20. The molecule has 0 aliphatic carbocycles. The molecule has 0 spiro atoms. The highest BCUT2D eigenvalue weighted by Gasteiger charge is 2.32. The number of para-hydroxylation sites is 1. The molecule has 30 heavy (non-hydrogen) atoms. The standard InChI is InChI=1S/C24H21N3O3/c25-22(29)15-27-21-12-5-4-11-19(21)23(17-9-6-10-18(28)14-17)26-20(24(27)30)13-16-7-2-1-3-8-16/h1-12,14,20,28H,13,15H2,(H2,25,29). The van der Waals surface area contributed by atoms with Crippen molar-refractivity contribution in [1.29, 1.82) is 0 Å². The molecule has 0 fully saturated rings. The van der Waals surface area contributed by atoms with Gasteiger partial charge in [0, 0.05) is 17.5 Å². The third-order valence-electron chi connectivity index (χ3n) is 4.99. The van der Waals surface area contributed by atoms with Gasteiger partial charge in [0.2, 0.25) is 5.91 Å². The number of phenolic OH excluding ortho intramolecular Hbond substituents is 1. The van der Waals surface area contributed by atoms with Crippen molar-refractivity contribution in [3.8, 4) is 5.75 Å². The van der Waals surface area contributed by atoms with Crippen LogP contribution in [-0.4, -0.2) is 35.2 Å². The van der Waals surface area contributed by atoms with Gasteiger partial charge in [-0.1, -0.05) is 60.7 Å². The molecule has 0 saturated carbocycles. The molecule has 0 bridgehead atoms. The number of carbonyl (C=O) groups excluding carboxylic acids is 2. The zero-order valence-corrected chi connectivity index (χ0v) is 16.2. The number of fused-ring (bicyclic) bond motifs is 1. The molecule has 1 heterocycles. The van der Waals surface area contributed by atoms with Crippen LogP contribution in [0.1, 0.15) is 16.7 Å². The Morgan fingerprint density at radius 2 is 1.73 bits per heavy atom. The first-order chi connectivity index (χ1) is 14.5. The SMILES string of the molecule is NC(=O)CN1C(=O)C(Cc2ccccc2)N=C(c2cccc(O)c2)c2ccccc21. The first-order valence-electron chi connectivity index (χ1n) is 9.63. The van der Waals surface area contributed by atoms with Crippen molar-refractivity contribution >= 4 is 23.2 Å². The van der Waals surface area contributed by atoms with Crippen molar-refractivity contribution in [1.82, 2.24) is 0 Å². The molecular weight excluding hydrogens is 378 g/mol. The molecule has 1 aliphatic rings. The van der Waals surface area contributed by atoms with E-state index in [-0.39, 0.29) is 18.2 Å². The minimum atomic E-state index is -0.739. The normalized spacial score (nSPS) is 15.9. The predicted molar refractivity (Wildman–Crippen MR) is 116 cm³/mol. The van der Waals surface area contributed by atoms with Gasteiger partial charge in [0.25, 0.3) is 5.91 Å². The minimum Gasteiger partial charge on any atom is -0.508 e. The Balaban J connectivity index is 1.89. The maximum atomic E-state index is 13.5. The number of benzene rings is 3. The molecule has 6 nitrogen and oxygen atoms in total. The third-order valence-corrected chi connectivity index (χ3v) is 4.99. The summed E-state index contributed by atoms with van der Waals surface area (Å²) in [5, 5.41) is 9.99. The zero-order valence-electron chi connectivity index (χ0n) is 16.2. The lowest BCUT2D eigenvalue weighted by atomic mass is 10.00. The topological polar surface area (TPSA) is 96.0 Å². The summed E-state index contributed by atoms with van der Waals surface area (Å²) >= 11 is 0. The van der Waals surface area contributed by atoms with E-state index in [0.29, 0.717) is 28.9 Å². The van der Waals surface area contributed by atoms with Crippen LogP contribution in [0.4, 0.5) is 5.69 Å². The van der Waals surface area contributed by atoms with Crippen LogP contribution in [0, 0.1) is 0 Å². The first-order valence-corrected chi connectivity index (χ1v) is 9.63. The van der Waals surface area contributed by atoms with E-state index in [9.17, 15) is 14.7 Å². The minimum absolute atomic E-state index is 0.108. The number of nitrogens with two attached hydrogens (primary N) is 1. The summed E-state index contributed by atoms with van der Waals surface area (Å²) in [6.07, 6.45) is 0.380. The fourth-order valence-electron chi connectivity index (χ4n) is 3.66. The fourth-order valence-corrected chi connectivity index (χ4v) is 3.66. The Labute approximate surface area is 174 Å². The molecule has 0 radical (unpaired) electrons. The Kier molecular flexibility index (Phi) is 5.30. The lowest BCUT2D eigenvalue weighted by Crippen LogP contribution is -2.43. The second-order valence-corrected chi connectivity index (χ2v) is 7.14. The number of primary amides is 1. The van der Waals surface area contributed by atoms with Crippen molar-refractivity contribution in [3.63, 3.8) is 0 Å². The molecule has 4 rings (SSSR count). The largest absolute Gasteiger partial charge is 0.508 e. The summed E-state index contributed by atoms with van der Waals surface area (Å²) in [7, 11) is 0. The van der Waals surface area contributed by atoms with E-state index < -0.39 is 11.9 Å². The van der Waals surface area contributed by atoms with Crippen LogP contribution in [-0.2, 0) is 16.0 Å². The van der Waals surface area contributed by atoms with E-state index in [1.54, 1.807) is 30.3 Å². The van der Waals surface area contributed by atoms with Crippen LogP contribution in [0.3, 0.4) is 0 Å². The van der Waals surface area contributed by atoms with Crippen LogP contribution in [0.5, 0.6) is 5.75 Å². The van der Waals surface area contributed by atoms with Crippen molar-refractivity contribution in [3.05, 3.63) is 95.6 Å². The lowest BCUT2D eigenvalue weighted by molar-refractivity contribution is -0.123. The van der Waals surface area contributed by atoms with E-state index in [2.05, 4.69) is 0 Å². The molecule has 3 aromatic rings. The second kappa shape index (κ2) is 8.21. The van der Waals surface area contributed by atoms with Crippen molar-refractivity contribution < 1.29 is 14.7 Å². The van der Waals surface area contributed by atoms with Gasteiger partial charge in [0.05, 0.1) is 11.4 Å². The average molecular weight is 399 g/mol. The van der Waals surface area contributed by atoms with Gasteiger partial charge >= 0.3 is 0 Å². The maximum absolute atomic E-state index is 13.5. The van der Waals surface area contributed by atoms with Crippen LogP contribution in [0.15, 0.2) is 83.9 Å². The molecule has 0 saturated heterocycles.